The first-order chi connectivity index (χ1) is 9.11. The molecule has 1 aromatic rings. The summed E-state index contributed by atoms with van der Waals surface area (Å²) in [5, 5.41) is 10.7. The second-order valence-electron chi connectivity index (χ2n) is 4.47. The summed E-state index contributed by atoms with van der Waals surface area (Å²) >= 11 is 0. The van der Waals surface area contributed by atoms with Gasteiger partial charge in [0, 0.05) is 37.8 Å². The van der Waals surface area contributed by atoms with Crippen LogP contribution in [0, 0.1) is 15.9 Å². The molecule has 1 saturated heterocycles. The maximum atomic E-state index is 13.9. The molecule has 1 unspecified atom stereocenters. The molecule has 19 heavy (non-hydrogen) atoms. The smallest absolute Gasteiger partial charge is 0.305 e. The molecule has 1 aliphatic heterocycles. The zero-order valence-electron chi connectivity index (χ0n) is 10.4. The van der Waals surface area contributed by atoms with Crippen LogP contribution in [0.25, 0.3) is 0 Å². The summed E-state index contributed by atoms with van der Waals surface area (Å²) in [7, 11) is 0. The maximum Gasteiger partial charge on any atom is 0.305 e. The Labute approximate surface area is 110 Å². The molecular weight excluding hydrogens is 253 g/mol. The van der Waals surface area contributed by atoms with E-state index < -0.39 is 16.4 Å². The molecule has 0 bridgehead atoms. The standard InChI is InChI=1S/C12H16FN3O3/c13-12-9(2-1-3-11(12)16(17)18)7-15-4-5-19-10(6-14)8-15/h1-3,10H,4-8,14H2. The maximum absolute atomic E-state index is 13.9. The molecule has 1 fully saturated rings. The van der Waals surface area contributed by atoms with Gasteiger partial charge in [-0.15, -0.1) is 0 Å². The van der Waals surface area contributed by atoms with Gasteiger partial charge in [0.2, 0.25) is 5.82 Å². The van der Waals surface area contributed by atoms with Crippen molar-refractivity contribution in [3.05, 3.63) is 39.7 Å². The summed E-state index contributed by atoms with van der Waals surface area (Å²) < 4.78 is 19.4. The third-order valence-corrected chi connectivity index (χ3v) is 3.13. The van der Waals surface area contributed by atoms with Crippen molar-refractivity contribution < 1.29 is 14.1 Å². The zero-order chi connectivity index (χ0) is 13.8. The second kappa shape index (κ2) is 6.05. The summed E-state index contributed by atoms with van der Waals surface area (Å²) in [6.45, 7) is 2.55. The van der Waals surface area contributed by atoms with Gasteiger partial charge in [0.05, 0.1) is 17.6 Å². The first-order valence-corrected chi connectivity index (χ1v) is 6.07. The predicted molar refractivity (Wildman–Crippen MR) is 67.1 cm³/mol. The molecule has 2 N–H and O–H groups in total. The van der Waals surface area contributed by atoms with E-state index >= 15 is 0 Å². The average molecular weight is 269 g/mol. The number of nitrogens with two attached hydrogens (primary N) is 1. The SMILES string of the molecule is NCC1CN(Cc2cccc([N+](=O)[O-])c2F)CCO1. The molecule has 0 amide bonds. The molecule has 7 heteroatoms. The topological polar surface area (TPSA) is 81.6 Å². The molecule has 0 saturated carbocycles. The van der Waals surface area contributed by atoms with Crippen LogP contribution in [0.1, 0.15) is 5.56 Å². The number of ether oxygens (including phenoxy) is 1. The van der Waals surface area contributed by atoms with Crippen molar-refractivity contribution >= 4 is 5.69 Å². The number of morpholine rings is 1. The summed E-state index contributed by atoms with van der Waals surface area (Å²) in [5.41, 5.74) is 5.38. The van der Waals surface area contributed by atoms with Gasteiger partial charge in [-0.25, -0.2) is 0 Å². The number of benzene rings is 1. The largest absolute Gasteiger partial charge is 0.374 e. The van der Waals surface area contributed by atoms with Gasteiger partial charge in [0.15, 0.2) is 0 Å². The minimum atomic E-state index is -0.761. The van der Waals surface area contributed by atoms with Crippen molar-refractivity contribution in [2.75, 3.05) is 26.2 Å². The third-order valence-electron chi connectivity index (χ3n) is 3.13. The average Bonchev–Trinajstić information content (AvgIpc) is 2.41. The molecule has 1 aromatic carbocycles. The minimum absolute atomic E-state index is 0.0597. The highest BCUT2D eigenvalue weighted by atomic mass is 19.1. The Hall–Kier alpha value is -1.57. The number of rotatable bonds is 4. The minimum Gasteiger partial charge on any atom is -0.374 e. The highest BCUT2D eigenvalue weighted by molar-refractivity contribution is 5.36. The van der Waals surface area contributed by atoms with E-state index in [0.717, 1.165) is 0 Å². The van der Waals surface area contributed by atoms with Crippen molar-refractivity contribution in [1.29, 1.82) is 0 Å². The Morgan fingerprint density at radius 2 is 2.37 bits per heavy atom. The Bertz CT molecular complexity index is 470. The number of nitro benzene ring substituents is 1. The van der Waals surface area contributed by atoms with E-state index in [-0.39, 0.29) is 6.10 Å². The molecule has 0 aliphatic carbocycles. The molecule has 0 aromatic heterocycles. The van der Waals surface area contributed by atoms with Gasteiger partial charge in [0.25, 0.3) is 0 Å². The van der Waals surface area contributed by atoms with Crippen LogP contribution in [0.2, 0.25) is 0 Å². The quantitative estimate of drug-likeness (QED) is 0.648. The van der Waals surface area contributed by atoms with Crippen LogP contribution >= 0.6 is 0 Å². The summed E-state index contributed by atoms with van der Waals surface area (Å²) in [6.07, 6.45) is -0.0597. The van der Waals surface area contributed by atoms with Crippen LogP contribution in [0.4, 0.5) is 10.1 Å². The lowest BCUT2D eigenvalue weighted by atomic mass is 10.1. The van der Waals surface area contributed by atoms with Gasteiger partial charge in [0.1, 0.15) is 0 Å². The summed E-state index contributed by atoms with van der Waals surface area (Å²) in [4.78, 5) is 12.0. The lowest BCUT2D eigenvalue weighted by molar-refractivity contribution is -0.387. The van der Waals surface area contributed by atoms with Crippen LogP contribution in [0.3, 0.4) is 0 Å². The molecule has 6 nitrogen and oxygen atoms in total. The number of halogens is 1. The lowest BCUT2D eigenvalue weighted by Gasteiger charge is -2.32. The first-order valence-electron chi connectivity index (χ1n) is 6.07. The monoisotopic (exact) mass is 269 g/mol. The molecule has 2 rings (SSSR count). The summed E-state index contributed by atoms with van der Waals surface area (Å²) in [6, 6.07) is 4.23. The van der Waals surface area contributed by atoms with Crippen molar-refractivity contribution in [1.82, 2.24) is 4.90 Å². The molecule has 0 radical (unpaired) electrons. The zero-order valence-corrected chi connectivity index (χ0v) is 10.4. The first kappa shape index (κ1) is 13.9. The highest BCUT2D eigenvalue weighted by Gasteiger charge is 2.22. The van der Waals surface area contributed by atoms with Gasteiger partial charge >= 0.3 is 5.69 Å². The fourth-order valence-corrected chi connectivity index (χ4v) is 2.14. The van der Waals surface area contributed by atoms with E-state index in [1.54, 1.807) is 6.07 Å². The van der Waals surface area contributed by atoms with Crippen LogP contribution in [-0.4, -0.2) is 42.2 Å². The third kappa shape index (κ3) is 3.25. The van der Waals surface area contributed by atoms with Crippen molar-refractivity contribution in [2.45, 2.75) is 12.6 Å². The number of nitro groups is 1. The van der Waals surface area contributed by atoms with Crippen LogP contribution in [-0.2, 0) is 11.3 Å². The van der Waals surface area contributed by atoms with E-state index in [1.165, 1.54) is 12.1 Å². The van der Waals surface area contributed by atoms with Gasteiger partial charge in [-0.2, -0.15) is 4.39 Å². The van der Waals surface area contributed by atoms with Crippen LogP contribution < -0.4 is 5.73 Å². The Morgan fingerprint density at radius 3 is 3.05 bits per heavy atom. The van der Waals surface area contributed by atoms with Gasteiger partial charge in [-0.1, -0.05) is 12.1 Å². The van der Waals surface area contributed by atoms with E-state index in [2.05, 4.69) is 0 Å². The molecule has 1 aliphatic rings. The second-order valence-corrected chi connectivity index (χ2v) is 4.47. The predicted octanol–water partition coefficient (Wildman–Crippen LogP) is 0.893. The number of nitrogens with zero attached hydrogens (tertiary/aromatic N) is 2. The van der Waals surface area contributed by atoms with Crippen molar-refractivity contribution in [2.24, 2.45) is 5.73 Å². The molecular formula is C12H16FN3O3. The van der Waals surface area contributed by atoms with E-state index in [4.69, 9.17) is 10.5 Å². The molecule has 104 valence electrons. The molecule has 0 spiro atoms. The molecule has 1 atom stereocenters. The lowest BCUT2D eigenvalue weighted by Crippen LogP contribution is -2.45. The Morgan fingerprint density at radius 1 is 1.58 bits per heavy atom. The van der Waals surface area contributed by atoms with E-state index in [9.17, 15) is 14.5 Å². The Kier molecular flexibility index (Phi) is 4.41. The summed E-state index contributed by atoms with van der Waals surface area (Å²) in [5.74, 6) is -0.761. The van der Waals surface area contributed by atoms with Crippen molar-refractivity contribution in [3.63, 3.8) is 0 Å². The van der Waals surface area contributed by atoms with Crippen LogP contribution in [0.5, 0.6) is 0 Å². The fraction of sp³-hybridized carbons (Fsp3) is 0.500. The Balaban J connectivity index is 2.10. The van der Waals surface area contributed by atoms with E-state index in [0.29, 0.717) is 38.3 Å². The number of hydrogen-bond donors (Lipinski definition) is 1. The van der Waals surface area contributed by atoms with Gasteiger partial charge in [-0.3, -0.25) is 15.0 Å². The van der Waals surface area contributed by atoms with Gasteiger partial charge < -0.3 is 10.5 Å². The fourth-order valence-electron chi connectivity index (χ4n) is 2.14. The normalized spacial score (nSPS) is 20.4. The molecule has 1 heterocycles. The van der Waals surface area contributed by atoms with E-state index in [1.807, 2.05) is 4.90 Å². The van der Waals surface area contributed by atoms with Gasteiger partial charge in [-0.05, 0) is 0 Å². The highest BCUT2D eigenvalue weighted by Crippen LogP contribution is 2.22. The van der Waals surface area contributed by atoms with Crippen molar-refractivity contribution in [3.8, 4) is 0 Å². The number of hydrogen-bond acceptors (Lipinski definition) is 5. The van der Waals surface area contributed by atoms with Crippen LogP contribution in [0.15, 0.2) is 18.2 Å².